The van der Waals surface area contributed by atoms with Gasteiger partial charge in [-0.15, -0.1) is 5.10 Å². The highest BCUT2D eigenvalue weighted by Crippen LogP contribution is 2.24. The molecule has 19 heavy (non-hydrogen) atoms. The maximum absolute atomic E-state index is 9.46. The fourth-order valence-electron chi connectivity index (χ4n) is 2.09. The summed E-state index contributed by atoms with van der Waals surface area (Å²) in [6.45, 7) is 6.24. The zero-order valence-corrected chi connectivity index (χ0v) is 13.2. The molecule has 0 aliphatic carbocycles. The lowest BCUT2D eigenvalue weighted by atomic mass is 10.0. The van der Waals surface area contributed by atoms with Gasteiger partial charge in [0.15, 0.2) is 5.82 Å². The normalized spacial score (nSPS) is 12.0. The molecule has 5 heteroatoms. The maximum Gasteiger partial charge on any atom is 0.169 e. The first-order valence-corrected chi connectivity index (χ1v) is 8.00. The highest BCUT2D eigenvalue weighted by atomic mass is 32.2. The van der Waals surface area contributed by atoms with Crippen LogP contribution in [0.5, 0.6) is 0 Å². The first-order chi connectivity index (χ1) is 9.10. The third kappa shape index (κ3) is 3.38. The smallest absolute Gasteiger partial charge is 0.169 e. The Kier molecular flexibility index (Phi) is 6.10. The van der Waals surface area contributed by atoms with Crippen LogP contribution in [0.3, 0.4) is 0 Å². The Morgan fingerprint density at radius 3 is 2.47 bits per heavy atom. The van der Waals surface area contributed by atoms with Crippen molar-refractivity contribution >= 4 is 17.6 Å². The number of anilines is 1. The number of thioether (sulfide) groups is 1. The summed E-state index contributed by atoms with van der Waals surface area (Å²) in [4.78, 5) is 2.06. The van der Waals surface area contributed by atoms with Gasteiger partial charge in [-0.25, -0.2) is 0 Å². The summed E-state index contributed by atoms with van der Waals surface area (Å²) in [5, 5.41) is 18.0. The van der Waals surface area contributed by atoms with Gasteiger partial charge in [0.25, 0.3) is 0 Å². The number of rotatable bonds is 6. The molecule has 1 rings (SSSR count). The number of aryl methyl sites for hydroxylation is 1. The van der Waals surface area contributed by atoms with E-state index in [1.165, 1.54) is 0 Å². The molecule has 1 heterocycles. The van der Waals surface area contributed by atoms with Gasteiger partial charge in [0.2, 0.25) is 0 Å². The summed E-state index contributed by atoms with van der Waals surface area (Å²) in [7, 11) is 1.98. The van der Waals surface area contributed by atoms with Gasteiger partial charge in [-0.2, -0.15) is 22.1 Å². The summed E-state index contributed by atoms with van der Waals surface area (Å²) in [6.07, 6.45) is 3.72. The SMILES string of the molecule is CCc1nnc(N(C)C(C)CSC)c(C#N)c1CC. The van der Waals surface area contributed by atoms with Gasteiger partial charge in [-0.3, -0.25) is 0 Å². The summed E-state index contributed by atoms with van der Waals surface area (Å²) >= 11 is 1.79. The van der Waals surface area contributed by atoms with Crippen molar-refractivity contribution in [2.24, 2.45) is 0 Å². The standard InChI is InChI=1S/C14H22N4S/c1-6-11-12(8-15)14(17-16-13(11)7-2)18(4)10(3)9-19-5/h10H,6-7,9H2,1-5H3. The molecule has 4 nitrogen and oxygen atoms in total. The molecule has 1 atom stereocenters. The first kappa shape index (κ1) is 15.8. The first-order valence-electron chi connectivity index (χ1n) is 6.60. The van der Waals surface area contributed by atoms with Crippen LogP contribution in [0.4, 0.5) is 5.82 Å². The lowest BCUT2D eigenvalue weighted by molar-refractivity contribution is 0.732. The van der Waals surface area contributed by atoms with Crippen molar-refractivity contribution in [2.75, 3.05) is 24.0 Å². The molecule has 0 bridgehead atoms. The molecule has 0 aliphatic rings. The Labute approximate surface area is 120 Å². The number of aromatic nitrogens is 2. The molecule has 1 aromatic heterocycles. The van der Waals surface area contributed by atoms with Crippen molar-refractivity contribution in [1.82, 2.24) is 10.2 Å². The van der Waals surface area contributed by atoms with E-state index in [0.29, 0.717) is 17.4 Å². The average Bonchev–Trinajstić information content (AvgIpc) is 2.44. The Morgan fingerprint density at radius 1 is 1.32 bits per heavy atom. The van der Waals surface area contributed by atoms with Gasteiger partial charge in [0.05, 0.1) is 5.69 Å². The highest BCUT2D eigenvalue weighted by molar-refractivity contribution is 7.98. The van der Waals surface area contributed by atoms with E-state index in [4.69, 9.17) is 0 Å². The van der Waals surface area contributed by atoms with Crippen LogP contribution >= 0.6 is 11.8 Å². The summed E-state index contributed by atoms with van der Waals surface area (Å²) in [5.74, 6) is 1.71. The van der Waals surface area contributed by atoms with E-state index in [-0.39, 0.29) is 0 Å². The number of hydrogen-bond donors (Lipinski definition) is 0. The second-order valence-electron chi connectivity index (χ2n) is 4.56. The largest absolute Gasteiger partial charge is 0.354 e. The van der Waals surface area contributed by atoms with Crippen molar-refractivity contribution in [3.8, 4) is 6.07 Å². The van der Waals surface area contributed by atoms with Crippen LogP contribution in [-0.4, -0.2) is 35.3 Å². The highest BCUT2D eigenvalue weighted by Gasteiger charge is 2.20. The van der Waals surface area contributed by atoms with Crippen molar-refractivity contribution < 1.29 is 0 Å². The number of hydrogen-bond acceptors (Lipinski definition) is 5. The fraction of sp³-hybridized carbons (Fsp3) is 0.643. The quantitative estimate of drug-likeness (QED) is 0.800. The Morgan fingerprint density at radius 2 is 2.00 bits per heavy atom. The number of nitrogens with zero attached hydrogens (tertiary/aromatic N) is 4. The summed E-state index contributed by atoms with van der Waals surface area (Å²) in [5.41, 5.74) is 2.66. The molecule has 0 fully saturated rings. The second kappa shape index (κ2) is 7.34. The molecule has 0 saturated carbocycles. The predicted octanol–water partition coefficient (Wildman–Crippen LogP) is 2.66. The lowest BCUT2D eigenvalue weighted by Crippen LogP contribution is -2.33. The number of nitriles is 1. The molecule has 0 N–H and O–H groups in total. The Balaban J connectivity index is 3.25. The van der Waals surface area contributed by atoms with E-state index >= 15 is 0 Å². The fourth-order valence-corrected chi connectivity index (χ4v) is 2.79. The van der Waals surface area contributed by atoms with Crippen molar-refractivity contribution in [3.05, 3.63) is 16.8 Å². The maximum atomic E-state index is 9.46. The van der Waals surface area contributed by atoms with Gasteiger partial charge in [-0.05, 0) is 31.6 Å². The third-order valence-corrected chi connectivity index (χ3v) is 4.16. The molecule has 1 unspecified atom stereocenters. The van der Waals surface area contributed by atoms with E-state index in [1.807, 2.05) is 14.0 Å². The molecular formula is C14H22N4S. The molecule has 1 aromatic rings. The van der Waals surface area contributed by atoms with E-state index in [9.17, 15) is 5.26 Å². The summed E-state index contributed by atoms with van der Waals surface area (Å²) < 4.78 is 0. The van der Waals surface area contributed by atoms with E-state index in [2.05, 4.69) is 41.3 Å². The van der Waals surface area contributed by atoms with E-state index in [0.717, 1.165) is 29.9 Å². The van der Waals surface area contributed by atoms with Gasteiger partial charge in [-0.1, -0.05) is 13.8 Å². The minimum Gasteiger partial charge on any atom is -0.354 e. The monoisotopic (exact) mass is 278 g/mol. The van der Waals surface area contributed by atoms with E-state index in [1.54, 1.807) is 11.8 Å². The van der Waals surface area contributed by atoms with Gasteiger partial charge >= 0.3 is 0 Å². The van der Waals surface area contributed by atoms with Crippen LogP contribution in [0, 0.1) is 11.3 Å². The van der Waals surface area contributed by atoms with Crippen LogP contribution in [0.1, 0.15) is 37.6 Å². The van der Waals surface area contributed by atoms with Crippen LogP contribution < -0.4 is 4.90 Å². The average molecular weight is 278 g/mol. The molecule has 0 saturated heterocycles. The minimum absolute atomic E-state index is 0.327. The van der Waals surface area contributed by atoms with Crippen molar-refractivity contribution in [3.63, 3.8) is 0 Å². The molecule has 104 valence electrons. The van der Waals surface area contributed by atoms with Gasteiger partial charge < -0.3 is 4.90 Å². The zero-order valence-electron chi connectivity index (χ0n) is 12.4. The van der Waals surface area contributed by atoms with Crippen molar-refractivity contribution in [1.29, 1.82) is 5.26 Å². The zero-order chi connectivity index (χ0) is 14.4. The van der Waals surface area contributed by atoms with Crippen LogP contribution in [0.25, 0.3) is 0 Å². The predicted molar refractivity (Wildman–Crippen MR) is 81.8 cm³/mol. The third-order valence-electron chi connectivity index (χ3n) is 3.34. The topological polar surface area (TPSA) is 52.8 Å². The van der Waals surface area contributed by atoms with Crippen LogP contribution in [0.15, 0.2) is 0 Å². The lowest BCUT2D eigenvalue weighted by Gasteiger charge is -2.26. The Bertz CT molecular complexity index is 467. The van der Waals surface area contributed by atoms with Gasteiger partial charge in [0, 0.05) is 18.8 Å². The minimum atomic E-state index is 0.327. The molecule has 0 radical (unpaired) electrons. The molecule has 0 aromatic carbocycles. The summed E-state index contributed by atoms with van der Waals surface area (Å²) in [6, 6.07) is 2.64. The van der Waals surface area contributed by atoms with Crippen LogP contribution in [-0.2, 0) is 12.8 Å². The van der Waals surface area contributed by atoms with Crippen LogP contribution in [0.2, 0.25) is 0 Å². The molecular weight excluding hydrogens is 256 g/mol. The van der Waals surface area contributed by atoms with E-state index < -0.39 is 0 Å². The Hall–Kier alpha value is -1.28. The molecule has 0 amide bonds. The molecule has 0 aliphatic heterocycles. The van der Waals surface area contributed by atoms with Gasteiger partial charge in [0.1, 0.15) is 11.6 Å². The second-order valence-corrected chi connectivity index (χ2v) is 5.47. The molecule has 0 spiro atoms. The van der Waals surface area contributed by atoms with Crippen molar-refractivity contribution in [2.45, 2.75) is 39.7 Å².